The molecule has 0 N–H and O–H groups in total. The van der Waals surface area contributed by atoms with Crippen LogP contribution in [0.25, 0.3) is 67.5 Å². The van der Waals surface area contributed by atoms with Crippen LogP contribution in [0.5, 0.6) is 0 Å². The van der Waals surface area contributed by atoms with E-state index in [4.69, 9.17) is 15.0 Å². The lowest BCUT2D eigenvalue weighted by Crippen LogP contribution is -2.28. The summed E-state index contributed by atoms with van der Waals surface area (Å²) in [5.41, 5.74) is 18.6. The van der Waals surface area contributed by atoms with Gasteiger partial charge < -0.3 is 0 Å². The van der Waals surface area contributed by atoms with Crippen molar-refractivity contribution in [2.75, 3.05) is 0 Å². The van der Waals surface area contributed by atoms with Gasteiger partial charge in [0.2, 0.25) is 0 Å². The minimum Gasteiger partial charge on any atom is -0.208 e. The topological polar surface area (TPSA) is 38.7 Å². The summed E-state index contributed by atoms with van der Waals surface area (Å²) in [5, 5.41) is 0. The molecule has 0 saturated carbocycles. The lowest BCUT2D eigenvalue weighted by molar-refractivity contribution is 0.768. The van der Waals surface area contributed by atoms with Gasteiger partial charge >= 0.3 is 0 Å². The Labute approximate surface area is 396 Å². The van der Waals surface area contributed by atoms with Crippen LogP contribution in [0.15, 0.2) is 261 Å². The molecule has 1 aromatic heterocycles. The third kappa shape index (κ3) is 6.02. The third-order valence-electron chi connectivity index (χ3n) is 14.3. The molecule has 2 aliphatic rings. The molecule has 2 aliphatic carbocycles. The summed E-state index contributed by atoms with van der Waals surface area (Å²) < 4.78 is 0. The molecule has 0 fully saturated rings. The lowest BCUT2D eigenvalue weighted by atomic mass is 9.67. The Morgan fingerprint density at radius 1 is 0.206 bits per heavy atom. The molecule has 11 aromatic rings. The van der Waals surface area contributed by atoms with Gasteiger partial charge in [0.1, 0.15) is 0 Å². The van der Waals surface area contributed by atoms with E-state index in [1.165, 1.54) is 66.8 Å². The fourth-order valence-corrected chi connectivity index (χ4v) is 11.4. The SMILES string of the molecule is c1ccc(-c2ccc(-c3nc(-c4ccc5c(c4)C(c4ccccc4)(c4ccccc4)c4ccccc4-5)nc(-c4ccc5c(c4)C(c4ccccc4)(c4ccccc4)c4ccccc4-5)n3)cc2)cc1. The summed E-state index contributed by atoms with van der Waals surface area (Å²) in [6.45, 7) is 0. The van der Waals surface area contributed by atoms with Crippen LogP contribution in [0.3, 0.4) is 0 Å². The summed E-state index contributed by atoms with van der Waals surface area (Å²) in [6.07, 6.45) is 0. The zero-order chi connectivity index (χ0) is 45.1. The summed E-state index contributed by atoms with van der Waals surface area (Å²) in [7, 11) is 0. The second-order valence-corrected chi connectivity index (χ2v) is 17.8. The van der Waals surface area contributed by atoms with Gasteiger partial charge in [-0.15, -0.1) is 0 Å². The Balaban J connectivity index is 1.04. The molecule has 68 heavy (non-hydrogen) atoms. The van der Waals surface area contributed by atoms with Crippen LogP contribution in [0.4, 0.5) is 0 Å². The first-order chi connectivity index (χ1) is 33.7. The molecule has 3 nitrogen and oxygen atoms in total. The van der Waals surface area contributed by atoms with Crippen molar-refractivity contribution in [2.24, 2.45) is 0 Å². The fourth-order valence-electron chi connectivity index (χ4n) is 11.4. The maximum atomic E-state index is 5.48. The van der Waals surface area contributed by atoms with Gasteiger partial charge in [0.15, 0.2) is 17.5 Å². The average molecular weight is 866 g/mol. The molecule has 0 aliphatic heterocycles. The zero-order valence-corrected chi connectivity index (χ0v) is 37.2. The standard InChI is InChI=1S/C65H43N3/c1-6-20-44(21-7-1)45-34-36-46(37-35-45)61-66-62(47-38-40-55-53-30-16-18-32-57(53)64(59(55)42-47,49-22-8-2-9-23-49)50-24-10-3-11-25-50)68-63(67-61)48-39-41-56-54-31-17-19-33-58(54)65(60(56)43-48,51-26-12-4-13-27-51)52-28-14-5-15-29-52/h1-43H. The lowest BCUT2D eigenvalue weighted by Gasteiger charge is -2.34. The number of nitrogens with zero attached hydrogens (tertiary/aromatic N) is 3. The molecule has 0 atom stereocenters. The quantitative estimate of drug-likeness (QED) is 0.153. The first kappa shape index (κ1) is 39.6. The van der Waals surface area contributed by atoms with Crippen molar-refractivity contribution >= 4 is 0 Å². The van der Waals surface area contributed by atoms with E-state index in [0.29, 0.717) is 17.5 Å². The zero-order valence-electron chi connectivity index (χ0n) is 37.2. The van der Waals surface area contributed by atoms with Crippen LogP contribution >= 0.6 is 0 Å². The molecule has 0 saturated heterocycles. The van der Waals surface area contributed by atoms with Gasteiger partial charge in [0.05, 0.1) is 10.8 Å². The molecular formula is C65H43N3. The third-order valence-corrected chi connectivity index (χ3v) is 14.3. The molecule has 0 bridgehead atoms. The average Bonchev–Trinajstić information content (AvgIpc) is 3.90. The smallest absolute Gasteiger partial charge is 0.164 e. The van der Waals surface area contributed by atoms with Crippen LogP contribution in [0.1, 0.15) is 44.5 Å². The second-order valence-electron chi connectivity index (χ2n) is 17.8. The van der Waals surface area contributed by atoms with Crippen molar-refractivity contribution in [2.45, 2.75) is 10.8 Å². The Morgan fingerprint density at radius 3 is 0.882 bits per heavy atom. The largest absolute Gasteiger partial charge is 0.208 e. The van der Waals surface area contributed by atoms with Gasteiger partial charge in [-0.05, 0) is 90.0 Å². The molecule has 0 amide bonds. The van der Waals surface area contributed by atoms with E-state index in [0.717, 1.165) is 27.8 Å². The van der Waals surface area contributed by atoms with E-state index in [1.807, 2.05) is 0 Å². The van der Waals surface area contributed by atoms with Crippen LogP contribution in [0, 0.1) is 0 Å². The first-order valence-electron chi connectivity index (χ1n) is 23.3. The molecule has 318 valence electrons. The van der Waals surface area contributed by atoms with Gasteiger partial charge in [0.25, 0.3) is 0 Å². The molecule has 0 radical (unpaired) electrons. The predicted octanol–water partition coefficient (Wildman–Crippen LogP) is 15.3. The van der Waals surface area contributed by atoms with Crippen molar-refractivity contribution in [3.8, 4) is 67.5 Å². The van der Waals surface area contributed by atoms with Gasteiger partial charge in [-0.3, -0.25) is 0 Å². The number of hydrogen-bond acceptors (Lipinski definition) is 3. The first-order valence-corrected chi connectivity index (χ1v) is 23.3. The van der Waals surface area contributed by atoms with Crippen molar-refractivity contribution in [1.29, 1.82) is 0 Å². The Bertz CT molecular complexity index is 3370. The molecule has 0 unspecified atom stereocenters. The van der Waals surface area contributed by atoms with Gasteiger partial charge in [-0.25, -0.2) is 15.0 Å². The maximum Gasteiger partial charge on any atom is 0.164 e. The molecule has 0 spiro atoms. The predicted molar refractivity (Wildman–Crippen MR) is 276 cm³/mol. The summed E-state index contributed by atoms with van der Waals surface area (Å²) in [4.78, 5) is 16.2. The van der Waals surface area contributed by atoms with E-state index in [2.05, 4.69) is 261 Å². The highest BCUT2D eigenvalue weighted by atomic mass is 15.0. The fraction of sp³-hybridized carbons (Fsp3) is 0.0308. The highest BCUT2D eigenvalue weighted by molar-refractivity contribution is 5.90. The molecule has 1 heterocycles. The summed E-state index contributed by atoms with van der Waals surface area (Å²) in [5.74, 6) is 1.85. The Morgan fingerprint density at radius 2 is 0.485 bits per heavy atom. The van der Waals surface area contributed by atoms with Crippen molar-refractivity contribution in [3.05, 3.63) is 305 Å². The minimum absolute atomic E-state index is 0.566. The van der Waals surface area contributed by atoms with Crippen LogP contribution in [-0.4, -0.2) is 15.0 Å². The minimum atomic E-state index is -0.566. The normalized spacial score (nSPS) is 13.5. The van der Waals surface area contributed by atoms with Gasteiger partial charge in [-0.2, -0.15) is 0 Å². The molecule has 13 rings (SSSR count). The van der Waals surface area contributed by atoms with Gasteiger partial charge in [-0.1, -0.05) is 249 Å². The number of fused-ring (bicyclic) bond motifs is 6. The van der Waals surface area contributed by atoms with Crippen LogP contribution in [0.2, 0.25) is 0 Å². The summed E-state index contributed by atoms with van der Waals surface area (Å²) >= 11 is 0. The van der Waals surface area contributed by atoms with Crippen molar-refractivity contribution in [3.63, 3.8) is 0 Å². The van der Waals surface area contributed by atoms with E-state index in [-0.39, 0.29) is 0 Å². The number of hydrogen-bond donors (Lipinski definition) is 0. The maximum absolute atomic E-state index is 5.48. The van der Waals surface area contributed by atoms with E-state index in [1.54, 1.807) is 0 Å². The molecule has 3 heteroatoms. The van der Waals surface area contributed by atoms with Crippen molar-refractivity contribution in [1.82, 2.24) is 15.0 Å². The molecular weight excluding hydrogens is 823 g/mol. The van der Waals surface area contributed by atoms with E-state index in [9.17, 15) is 0 Å². The van der Waals surface area contributed by atoms with Crippen molar-refractivity contribution < 1.29 is 0 Å². The Hall–Kier alpha value is -8.79. The van der Waals surface area contributed by atoms with Crippen LogP contribution in [-0.2, 0) is 10.8 Å². The molecule has 10 aromatic carbocycles. The second kappa shape index (κ2) is 16.0. The Kier molecular flexibility index (Phi) is 9.29. The highest BCUT2D eigenvalue weighted by Gasteiger charge is 2.47. The van der Waals surface area contributed by atoms with E-state index < -0.39 is 10.8 Å². The van der Waals surface area contributed by atoms with Gasteiger partial charge in [0, 0.05) is 16.7 Å². The monoisotopic (exact) mass is 865 g/mol. The van der Waals surface area contributed by atoms with Crippen LogP contribution < -0.4 is 0 Å². The summed E-state index contributed by atoms with van der Waals surface area (Å²) in [6, 6.07) is 94.1. The number of aromatic nitrogens is 3. The highest BCUT2D eigenvalue weighted by Crippen LogP contribution is 2.58. The number of rotatable bonds is 8. The van der Waals surface area contributed by atoms with E-state index >= 15 is 0 Å². The number of benzene rings is 10.